The molecule has 3 rings (SSSR count). The number of piperidine rings is 1. The van der Waals surface area contributed by atoms with Gasteiger partial charge in [-0.25, -0.2) is 8.42 Å². The number of nitrogens with two attached hydrogens (primary N) is 1. The Morgan fingerprint density at radius 1 is 1.27 bits per heavy atom. The van der Waals surface area contributed by atoms with Crippen LogP contribution < -0.4 is 11.1 Å². The fourth-order valence-electron chi connectivity index (χ4n) is 3.36. The fourth-order valence-corrected chi connectivity index (χ4v) is 5.22. The Labute approximate surface area is 153 Å². The van der Waals surface area contributed by atoms with Crippen LogP contribution in [0.1, 0.15) is 25.7 Å². The first-order valence-corrected chi connectivity index (χ1v) is 10.3. The van der Waals surface area contributed by atoms with E-state index >= 15 is 0 Å². The Morgan fingerprint density at radius 2 is 2.08 bits per heavy atom. The summed E-state index contributed by atoms with van der Waals surface area (Å²) in [5.74, 6) is -0.151. The van der Waals surface area contributed by atoms with Gasteiger partial charge in [-0.1, -0.05) is 24.6 Å². The largest absolute Gasteiger partial charge is 0.354 e. The van der Waals surface area contributed by atoms with Gasteiger partial charge < -0.3 is 11.1 Å². The maximum absolute atomic E-state index is 13.3. The van der Waals surface area contributed by atoms with Crippen molar-refractivity contribution in [2.75, 3.05) is 19.6 Å². The van der Waals surface area contributed by atoms with Crippen LogP contribution in [0.15, 0.2) is 41.4 Å². The van der Waals surface area contributed by atoms with E-state index in [1.807, 2.05) is 12.1 Å². The average molecular weight is 376 g/mol. The van der Waals surface area contributed by atoms with E-state index in [0.717, 1.165) is 24.6 Å². The Hall–Kier alpha value is -2.03. The van der Waals surface area contributed by atoms with Gasteiger partial charge in [0.1, 0.15) is 4.90 Å². The first-order chi connectivity index (χ1) is 12.5. The zero-order valence-corrected chi connectivity index (χ0v) is 15.4. The molecule has 1 amide bonds. The number of hydrogen-bond donors (Lipinski definition) is 2. The van der Waals surface area contributed by atoms with Crippen LogP contribution in [0.25, 0.3) is 10.9 Å². The van der Waals surface area contributed by atoms with E-state index in [4.69, 9.17) is 5.73 Å². The third kappa shape index (κ3) is 3.87. The SMILES string of the molecule is NCCC(=O)NCC1CCCCN1S(=O)(=O)c1cccc2cccnc12. The maximum Gasteiger partial charge on any atom is 0.245 e. The second kappa shape index (κ2) is 8.11. The molecule has 1 aromatic heterocycles. The molecule has 140 valence electrons. The molecule has 7 nitrogen and oxygen atoms in total. The van der Waals surface area contributed by atoms with E-state index in [-0.39, 0.29) is 29.8 Å². The van der Waals surface area contributed by atoms with Crippen LogP contribution in [0.2, 0.25) is 0 Å². The van der Waals surface area contributed by atoms with E-state index in [0.29, 0.717) is 18.6 Å². The highest BCUT2D eigenvalue weighted by atomic mass is 32.2. The van der Waals surface area contributed by atoms with Gasteiger partial charge in [0, 0.05) is 43.7 Å². The molecule has 8 heteroatoms. The molecule has 0 aliphatic carbocycles. The molecule has 26 heavy (non-hydrogen) atoms. The summed E-state index contributed by atoms with van der Waals surface area (Å²) in [5.41, 5.74) is 5.87. The molecule has 1 atom stereocenters. The predicted molar refractivity (Wildman–Crippen MR) is 100.0 cm³/mol. The van der Waals surface area contributed by atoms with Gasteiger partial charge in [0.25, 0.3) is 0 Å². The zero-order chi connectivity index (χ0) is 18.6. The first-order valence-electron chi connectivity index (χ1n) is 8.86. The van der Waals surface area contributed by atoms with Crippen molar-refractivity contribution < 1.29 is 13.2 Å². The number of benzene rings is 1. The lowest BCUT2D eigenvalue weighted by molar-refractivity contribution is -0.121. The van der Waals surface area contributed by atoms with Crippen molar-refractivity contribution in [3.05, 3.63) is 36.5 Å². The second-order valence-corrected chi connectivity index (χ2v) is 8.30. The number of nitrogens with zero attached hydrogens (tertiary/aromatic N) is 2. The molecule has 1 unspecified atom stereocenters. The van der Waals surface area contributed by atoms with Crippen molar-refractivity contribution >= 4 is 26.8 Å². The van der Waals surface area contributed by atoms with E-state index in [2.05, 4.69) is 10.3 Å². The lowest BCUT2D eigenvalue weighted by Gasteiger charge is -2.34. The Morgan fingerprint density at radius 3 is 2.88 bits per heavy atom. The highest BCUT2D eigenvalue weighted by molar-refractivity contribution is 7.89. The van der Waals surface area contributed by atoms with Crippen LogP contribution >= 0.6 is 0 Å². The Bertz CT molecular complexity index is 880. The summed E-state index contributed by atoms with van der Waals surface area (Å²) in [4.78, 5) is 16.2. The van der Waals surface area contributed by atoms with Crippen LogP contribution in [0, 0.1) is 0 Å². The number of rotatable bonds is 6. The standard InChI is InChI=1S/C18H24N4O3S/c19-10-9-17(23)21-13-15-7-1-2-12-22(15)26(24,25)16-8-3-5-14-6-4-11-20-18(14)16/h3-6,8,11,15H,1-2,7,9-10,12-13,19H2,(H,21,23). The summed E-state index contributed by atoms with van der Waals surface area (Å²) in [6.45, 7) is 1.03. The summed E-state index contributed by atoms with van der Waals surface area (Å²) in [7, 11) is -3.70. The molecule has 0 spiro atoms. The average Bonchev–Trinajstić information content (AvgIpc) is 2.66. The number of nitrogens with one attached hydrogen (secondary N) is 1. The van der Waals surface area contributed by atoms with Crippen molar-refractivity contribution in [3.8, 4) is 0 Å². The molecule has 0 saturated carbocycles. The minimum Gasteiger partial charge on any atom is -0.354 e. The smallest absolute Gasteiger partial charge is 0.245 e. The molecule has 0 radical (unpaired) electrons. The maximum atomic E-state index is 13.3. The summed E-state index contributed by atoms with van der Waals surface area (Å²) in [6.07, 6.45) is 4.32. The number of amides is 1. The van der Waals surface area contributed by atoms with E-state index in [1.165, 1.54) is 4.31 Å². The highest BCUT2D eigenvalue weighted by Crippen LogP contribution is 2.28. The molecular formula is C18H24N4O3S. The number of para-hydroxylation sites is 1. The van der Waals surface area contributed by atoms with Crippen LogP contribution in [0.4, 0.5) is 0 Å². The number of aromatic nitrogens is 1. The molecule has 1 aliphatic rings. The van der Waals surface area contributed by atoms with E-state index in [9.17, 15) is 13.2 Å². The summed E-state index contributed by atoms with van der Waals surface area (Å²) >= 11 is 0. The second-order valence-electron chi connectivity index (χ2n) is 6.44. The lowest BCUT2D eigenvalue weighted by atomic mass is 10.1. The van der Waals surface area contributed by atoms with Gasteiger partial charge in [-0.2, -0.15) is 4.31 Å². The number of carbonyl (C=O) groups excluding carboxylic acids is 1. The molecule has 3 N–H and O–H groups in total. The number of fused-ring (bicyclic) bond motifs is 1. The predicted octanol–water partition coefficient (Wildman–Crippen LogP) is 1.24. The van der Waals surface area contributed by atoms with Crippen molar-refractivity contribution in [2.45, 2.75) is 36.6 Å². The third-order valence-corrected chi connectivity index (χ3v) is 6.65. The van der Waals surface area contributed by atoms with Crippen molar-refractivity contribution in [1.82, 2.24) is 14.6 Å². The van der Waals surface area contributed by atoms with Gasteiger partial charge in [-0.3, -0.25) is 9.78 Å². The number of sulfonamides is 1. The van der Waals surface area contributed by atoms with Gasteiger partial charge in [-0.15, -0.1) is 0 Å². The van der Waals surface area contributed by atoms with Gasteiger partial charge in [0.15, 0.2) is 0 Å². The van der Waals surface area contributed by atoms with E-state index in [1.54, 1.807) is 24.4 Å². The zero-order valence-electron chi connectivity index (χ0n) is 14.6. The molecule has 2 aromatic rings. The molecular weight excluding hydrogens is 352 g/mol. The number of hydrogen-bond acceptors (Lipinski definition) is 5. The van der Waals surface area contributed by atoms with E-state index < -0.39 is 10.0 Å². The number of carbonyl (C=O) groups is 1. The van der Waals surface area contributed by atoms with Crippen LogP contribution in [0.3, 0.4) is 0 Å². The highest BCUT2D eigenvalue weighted by Gasteiger charge is 2.34. The summed E-state index contributed by atoms with van der Waals surface area (Å²) < 4.78 is 28.2. The summed E-state index contributed by atoms with van der Waals surface area (Å²) in [6, 6.07) is 8.57. The summed E-state index contributed by atoms with van der Waals surface area (Å²) in [5, 5.41) is 3.59. The monoisotopic (exact) mass is 376 g/mol. The lowest BCUT2D eigenvalue weighted by Crippen LogP contribution is -2.49. The molecule has 2 heterocycles. The minimum absolute atomic E-state index is 0.151. The van der Waals surface area contributed by atoms with Crippen LogP contribution in [-0.2, 0) is 14.8 Å². The molecule has 1 saturated heterocycles. The van der Waals surface area contributed by atoms with Crippen molar-refractivity contribution in [3.63, 3.8) is 0 Å². The fraction of sp³-hybridized carbons (Fsp3) is 0.444. The molecule has 1 aliphatic heterocycles. The topological polar surface area (TPSA) is 105 Å². The molecule has 1 fully saturated rings. The van der Waals surface area contributed by atoms with Gasteiger partial charge in [0.05, 0.1) is 5.52 Å². The Balaban J connectivity index is 1.89. The molecule has 0 bridgehead atoms. The molecule has 1 aromatic carbocycles. The normalized spacial score (nSPS) is 18.7. The van der Waals surface area contributed by atoms with Crippen LogP contribution in [-0.4, -0.2) is 49.3 Å². The van der Waals surface area contributed by atoms with Gasteiger partial charge in [0.2, 0.25) is 15.9 Å². The minimum atomic E-state index is -3.70. The first kappa shape index (κ1) is 18.8. The number of pyridine rings is 1. The van der Waals surface area contributed by atoms with Crippen molar-refractivity contribution in [2.24, 2.45) is 5.73 Å². The quantitative estimate of drug-likeness (QED) is 0.789. The van der Waals surface area contributed by atoms with Crippen molar-refractivity contribution in [1.29, 1.82) is 0 Å². The Kier molecular flexibility index (Phi) is 5.85. The third-order valence-electron chi connectivity index (χ3n) is 4.66. The van der Waals surface area contributed by atoms with Gasteiger partial charge >= 0.3 is 0 Å². The van der Waals surface area contributed by atoms with Gasteiger partial charge in [-0.05, 0) is 25.0 Å². The van der Waals surface area contributed by atoms with Crippen LogP contribution in [0.5, 0.6) is 0 Å².